The smallest absolute Gasteiger partial charge is 0.125 e. The van der Waals surface area contributed by atoms with Gasteiger partial charge in [-0.15, -0.1) is 0 Å². The molecule has 0 amide bonds. The van der Waals surface area contributed by atoms with Crippen LogP contribution in [0.15, 0.2) is 12.1 Å². The van der Waals surface area contributed by atoms with Gasteiger partial charge in [0.25, 0.3) is 0 Å². The normalized spacial score (nSPS) is 7.44. The molecule has 1 rings (SSSR count). The van der Waals surface area contributed by atoms with Crippen LogP contribution in [0, 0.1) is 23.5 Å². The summed E-state index contributed by atoms with van der Waals surface area (Å²) >= 11 is 0. The standard InChI is InChI=1S/C7H4N2/c8-5-6-3-1-2-4-7(6)9/h2,4H,9H2. The van der Waals surface area contributed by atoms with Crippen molar-refractivity contribution in [3.63, 3.8) is 0 Å². The predicted molar refractivity (Wildman–Crippen MR) is 33.2 cm³/mol. The Morgan fingerprint density at radius 3 is 2.89 bits per heavy atom. The van der Waals surface area contributed by atoms with Gasteiger partial charge in [-0.3, -0.25) is 0 Å². The molecule has 0 aromatic heterocycles. The first kappa shape index (κ1) is 5.47. The van der Waals surface area contributed by atoms with E-state index < -0.39 is 0 Å². The third kappa shape index (κ3) is 0.925. The van der Waals surface area contributed by atoms with Gasteiger partial charge >= 0.3 is 0 Å². The molecule has 0 aliphatic rings. The van der Waals surface area contributed by atoms with Gasteiger partial charge in [0.05, 0.1) is 5.69 Å². The van der Waals surface area contributed by atoms with Crippen molar-refractivity contribution < 1.29 is 0 Å². The van der Waals surface area contributed by atoms with Gasteiger partial charge in [-0.2, -0.15) is 5.26 Å². The maximum Gasteiger partial charge on any atom is 0.125 e. The van der Waals surface area contributed by atoms with Crippen molar-refractivity contribution in [3.05, 3.63) is 29.8 Å². The third-order valence-corrected chi connectivity index (χ3v) is 0.944. The van der Waals surface area contributed by atoms with Gasteiger partial charge in [0.1, 0.15) is 11.6 Å². The molecule has 9 heavy (non-hydrogen) atoms. The molecule has 0 aliphatic carbocycles. The molecule has 2 heteroatoms. The zero-order valence-electron chi connectivity index (χ0n) is 4.68. The number of nitrogen functional groups attached to an aromatic ring is 1. The van der Waals surface area contributed by atoms with E-state index in [2.05, 4.69) is 12.1 Å². The summed E-state index contributed by atoms with van der Waals surface area (Å²) in [5, 5.41) is 8.34. The zero-order chi connectivity index (χ0) is 6.69. The Labute approximate surface area is 53.5 Å². The Kier molecular flexibility index (Phi) is 1.25. The molecule has 0 atom stereocenters. The van der Waals surface area contributed by atoms with E-state index >= 15 is 0 Å². The highest BCUT2D eigenvalue weighted by molar-refractivity contribution is 5.50. The minimum Gasteiger partial charge on any atom is -0.397 e. The van der Waals surface area contributed by atoms with Gasteiger partial charge in [0, 0.05) is 0 Å². The zero-order valence-corrected chi connectivity index (χ0v) is 4.68. The number of hydrogen-bond donors (Lipinski definition) is 1. The summed E-state index contributed by atoms with van der Waals surface area (Å²) in [4.78, 5) is 0. The SMILES string of the molecule is N#Cc1c#cccc1N. The van der Waals surface area contributed by atoms with Gasteiger partial charge in [-0.25, -0.2) is 0 Å². The van der Waals surface area contributed by atoms with Crippen LogP contribution in [0.3, 0.4) is 0 Å². The van der Waals surface area contributed by atoms with E-state index in [9.17, 15) is 0 Å². The van der Waals surface area contributed by atoms with Gasteiger partial charge < -0.3 is 5.73 Å². The van der Waals surface area contributed by atoms with Gasteiger partial charge in [-0.05, 0) is 18.2 Å². The van der Waals surface area contributed by atoms with Gasteiger partial charge in [0.15, 0.2) is 0 Å². The number of nitriles is 1. The van der Waals surface area contributed by atoms with Crippen molar-refractivity contribution in [3.8, 4) is 6.07 Å². The highest BCUT2D eigenvalue weighted by atomic mass is 14.6. The molecule has 0 fully saturated rings. The Balaban J connectivity index is 3.20. The maximum absolute atomic E-state index is 8.34. The average molecular weight is 116 g/mol. The molecule has 0 saturated carbocycles. The van der Waals surface area contributed by atoms with Crippen LogP contribution in [-0.2, 0) is 0 Å². The average Bonchev–Trinajstić information content (AvgIpc) is 1.89. The largest absolute Gasteiger partial charge is 0.397 e. The highest BCUT2D eigenvalue weighted by Gasteiger charge is 1.90. The van der Waals surface area contributed by atoms with Crippen LogP contribution in [0.2, 0.25) is 0 Å². The summed E-state index contributed by atoms with van der Waals surface area (Å²) in [6, 6.07) is 10.3. The summed E-state index contributed by atoms with van der Waals surface area (Å²) < 4.78 is 0. The predicted octanol–water partition coefficient (Wildman–Crippen LogP) is 0.741. The maximum atomic E-state index is 8.34. The number of nitrogens with zero attached hydrogens (tertiary/aromatic N) is 1. The van der Waals surface area contributed by atoms with Gasteiger partial charge in [-0.1, -0.05) is 6.07 Å². The number of rotatable bonds is 0. The van der Waals surface area contributed by atoms with Crippen molar-refractivity contribution >= 4 is 5.69 Å². The summed E-state index contributed by atoms with van der Waals surface area (Å²) in [7, 11) is 0. The van der Waals surface area contributed by atoms with Crippen molar-refractivity contribution in [2.45, 2.75) is 0 Å². The molecule has 0 spiro atoms. The fourth-order valence-electron chi connectivity index (χ4n) is 0.493. The molecule has 1 aromatic carbocycles. The van der Waals surface area contributed by atoms with Crippen LogP contribution in [0.4, 0.5) is 5.69 Å². The number of hydrogen-bond acceptors (Lipinski definition) is 2. The quantitative estimate of drug-likeness (QED) is 0.543. The van der Waals surface area contributed by atoms with E-state index in [1.807, 2.05) is 6.07 Å². The molecule has 0 heterocycles. The molecule has 0 bridgehead atoms. The van der Waals surface area contributed by atoms with E-state index in [1.54, 1.807) is 12.1 Å². The lowest BCUT2D eigenvalue weighted by Crippen LogP contribution is -1.86. The Hall–Kier alpha value is -1.67. The first-order valence-corrected chi connectivity index (χ1v) is 2.42. The molecule has 2 nitrogen and oxygen atoms in total. The summed E-state index contributed by atoms with van der Waals surface area (Å²) in [5.41, 5.74) is 6.17. The minimum absolute atomic E-state index is 0.359. The first-order chi connectivity index (χ1) is 4.34. The number of anilines is 1. The molecule has 0 unspecified atom stereocenters. The van der Waals surface area contributed by atoms with Crippen LogP contribution in [0.25, 0.3) is 0 Å². The minimum atomic E-state index is 0.359. The summed E-state index contributed by atoms with van der Waals surface area (Å²) in [6.07, 6.45) is 0. The molecule has 0 radical (unpaired) electrons. The van der Waals surface area contributed by atoms with E-state index in [1.165, 1.54) is 0 Å². The molecule has 1 aromatic rings. The Morgan fingerprint density at radius 1 is 1.67 bits per heavy atom. The lowest BCUT2D eigenvalue weighted by atomic mass is 10.2. The van der Waals surface area contributed by atoms with E-state index in [4.69, 9.17) is 11.0 Å². The van der Waals surface area contributed by atoms with E-state index in [0.29, 0.717) is 11.3 Å². The lowest BCUT2D eigenvalue weighted by Gasteiger charge is -1.86. The molecule has 42 valence electrons. The Morgan fingerprint density at radius 2 is 2.44 bits per heavy atom. The summed E-state index contributed by atoms with van der Waals surface area (Å²) in [5.74, 6) is 0. The molecular formula is C7H4N2. The van der Waals surface area contributed by atoms with Crippen molar-refractivity contribution in [1.82, 2.24) is 0 Å². The molecule has 0 saturated heterocycles. The molecule has 0 aliphatic heterocycles. The molecular weight excluding hydrogens is 112 g/mol. The van der Waals surface area contributed by atoms with Crippen LogP contribution in [0.5, 0.6) is 0 Å². The van der Waals surface area contributed by atoms with Crippen molar-refractivity contribution in [2.24, 2.45) is 0 Å². The Bertz CT molecular complexity index is 247. The molecule has 2 N–H and O–H groups in total. The van der Waals surface area contributed by atoms with Crippen LogP contribution < -0.4 is 5.73 Å². The first-order valence-electron chi connectivity index (χ1n) is 2.42. The van der Waals surface area contributed by atoms with E-state index in [-0.39, 0.29) is 0 Å². The second-order valence-corrected chi connectivity index (χ2v) is 1.54. The highest BCUT2D eigenvalue weighted by Crippen LogP contribution is 2.02. The lowest BCUT2D eigenvalue weighted by molar-refractivity contribution is 1.49. The fraction of sp³-hybridized carbons (Fsp3) is 0. The third-order valence-electron chi connectivity index (χ3n) is 0.944. The van der Waals surface area contributed by atoms with Crippen LogP contribution >= 0.6 is 0 Å². The second kappa shape index (κ2) is 2.07. The van der Waals surface area contributed by atoms with Crippen molar-refractivity contribution in [2.75, 3.05) is 5.73 Å². The topological polar surface area (TPSA) is 49.8 Å². The second-order valence-electron chi connectivity index (χ2n) is 1.54. The number of nitrogens with two attached hydrogens (primary N) is 1. The van der Waals surface area contributed by atoms with Crippen LogP contribution in [-0.4, -0.2) is 0 Å². The van der Waals surface area contributed by atoms with Crippen LogP contribution in [0.1, 0.15) is 5.56 Å². The van der Waals surface area contributed by atoms with Crippen molar-refractivity contribution in [1.29, 1.82) is 5.26 Å². The monoisotopic (exact) mass is 116 g/mol. The van der Waals surface area contributed by atoms with Gasteiger partial charge in [0.2, 0.25) is 0 Å². The fourth-order valence-corrected chi connectivity index (χ4v) is 0.493. The van der Waals surface area contributed by atoms with E-state index in [0.717, 1.165) is 0 Å². The summed E-state index contributed by atoms with van der Waals surface area (Å²) in [6.45, 7) is 0.